The van der Waals surface area contributed by atoms with Gasteiger partial charge in [0.1, 0.15) is 11.9 Å². The number of aromatic nitrogens is 1. The number of rotatable bonds is 11. The minimum atomic E-state index is -0.304. The molecule has 9 nitrogen and oxygen atoms in total. The fourth-order valence-electron chi connectivity index (χ4n) is 4.68. The molecule has 2 N–H and O–H groups in total. The molecule has 2 heterocycles. The monoisotopic (exact) mass is 525 g/mol. The summed E-state index contributed by atoms with van der Waals surface area (Å²) < 4.78 is 6.59. The zero-order valence-corrected chi connectivity index (χ0v) is 23.4. The number of aliphatic hydroxyl groups excluding tert-OH is 1. The second-order valence-electron chi connectivity index (χ2n) is 10.7. The number of nitrogens with zero attached hydrogens (tertiary/aromatic N) is 4. The maximum atomic E-state index is 13.4. The minimum Gasteiger partial charge on any atom is -0.488 e. The molecule has 9 heteroatoms. The van der Waals surface area contributed by atoms with Crippen molar-refractivity contribution >= 4 is 17.5 Å². The average Bonchev–Trinajstić information content (AvgIpc) is 2.91. The van der Waals surface area contributed by atoms with Crippen LogP contribution in [0.2, 0.25) is 0 Å². The molecule has 2 amide bonds. The first-order valence-electron chi connectivity index (χ1n) is 13.4. The fourth-order valence-corrected chi connectivity index (χ4v) is 4.68. The van der Waals surface area contributed by atoms with Crippen LogP contribution in [0.4, 0.5) is 5.69 Å². The molecule has 38 heavy (non-hydrogen) atoms. The van der Waals surface area contributed by atoms with Gasteiger partial charge in [0.05, 0.1) is 19.1 Å². The second-order valence-corrected chi connectivity index (χ2v) is 10.7. The highest BCUT2D eigenvalue weighted by Gasteiger charge is 2.31. The number of amides is 2. The molecule has 0 fully saturated rings. The molecule has 1 aromatic carbocycles. The summed E-state index contributed by atoms with van der Waals surface area (Å²) >= 11 is 0. The summed E-state index contributed by atoms with van der Waals surface area (Å²) in [6, 6.07) is 9.22. The number of ether oxygens (including phenoxy) is 1. The van der Waals surface area contributed by atoms with Crippen LogP contribution in [0.5, 0.6) is 5.75 Å². The van der Waals surface area contributed by atoms with E-state index in [0.29, 0.717) is 30.9 Å². The van der Waals surface area contributed by atoms with Crippen molar-refractivity contribution in [3.05, 3.63) is 53.9 Å². The first-order chi connectivity index (χ1) is 18.2. The van der Waals surface area contributed by atoms with Crippen LogP contribution in [-0.2, 0) is 22.6 Å². The lowest BCUT2D eigenvalue weighted by Crippen LogP contribution is -2.47. The van der Waals surface area contributed by atoms with Crippen molar-refractivity contribution in [2.24, 2.45) is 5.92 Å². The lowest BCUT2D eigenvalue weighted by molar-refractivity contribution is -0.134. The molecule has 0 bridgehead atoms. The third-order valence-electron chi connectivity index (χ3n) is 6.90. The SMILES string of the molecule is C[C@@H]1CN([C@@H](C)CO)C(=O)Cc2cc(NC(=O)CCCN(C)C)ccc2O[C@H]1CN(C)Cc1ccncc1. The summed E-state index contributed by atoms with van der Waals surface area (Å²) in [5.74, 6) is 0.553. The summed E-state index contributed by atoms with van der Waals surface area (Å²) in [5, 5.41) is 12.8. The Balaban J connectivity index is 1.82. The van der Waals surface area contributed by atoms with Gasteiger partial charge in [-0.2, -0.15) is 0 Å². The summed E-state index contributed by atoms with van der Waals surface area (Å²) in [5.41, 5.74) is 2.54. The maximum Gasteiger partial charge on any atom is 0.227 e. The molecule has 1 aromatic heterocycles. The van der Waals surface area contributed by atoms with Gasteiger partial charge < -0.3 is 25.0 Å². The van der Waals surface area contributed by atoms with Gasteiger partial charge in [-0.05, 0) is 76.9 Å². The van der Waals surface area contributed by atoms with Gasteiger partial charge in [0.2, 0.25) is 11.8 Å². The van der Waals surface area contributed by atoms with Gasteiger partial charge >= 0.3 is 0 Å². The molecule has 0 radical (unpaired) electrons. The number of benzene rings is 1. The Kier molecular flexibility index (Phi) is 11.1. The highest BCUT2D eigenvalue weighted by molar-refractivity contribution is 5.91. The third kappa shape index (κ3) is 8.79. The lowest BCUT2D eigenvalue weighted by Gasteiger charge is -2.34. The van der Waals surface area contributed by atoms with Crippen molar-refractivity contribution < 1.29 is 19.4 Å². The second kappa shape index (κ2) is 14.2. The first kappa shape index (κ1) is 29.5. The molecule has 1 aliphatic rings. The van der Waals surface area contributed by atoms with E-state index in [-0.39, 0.29) is 42.9 Å². The Bertz CT molecular complexity index is 1050. The van der Waals surface area contributed by atoms with Crippen LogP contribution in [0.15, 0.2) is 42.7 Å². The zero-order chi connectivity index (χ0) is 27.7. The van der Waals surface area contributed by atoms with Crippen LogP contribution in [0.25, 0.3) is 0 Å². The van der Waals surface area contributed by atoms with Crippen molar-refractivity contribution in [2.45, 2.75) is 51.8 Å². The number of carbonyl (C=O) groups excluding carboxylic acids is 2. The van der Waals surface area contributed by atoms with E-state index in [0.717, 1.165) is 30.6 Å². The van der Waals surface area contributed by atoms with Crippen molar-refractivity contribution in [1.29, 1.82) is 0 Å². The highest BCUT2D eigenvalue weighted by Crippen LogP contribution is 2.29. The third-order valence-corrected chi connectivity index (χ3v) is 6.90. The largest absolute Gasteiger partial charge is 0.488 e. The summed E-state index contributed by atoms with van der Waals surface area (Å²) in [4.78, 5) is 36.0. The number of aliphatic hydroxyl groups is 1. The van der Waals surface area contributed by atoms with Gasteiger partial charge in [0.15, 0.2) is 0 Å². The molecule has 0 aliphatic carbocycles. The number of hydrogen-bond acceptors (Lipinski definition) is 7. The van der Waals surface area contributed by atoms with Crippen LogP contribution in [0.3, 0.4) is 0 Å². The predicted molar refractivity (Wildman–Crippen MR) is 149 cm³/mol. The number of pyridine rings is 1. The van der Waals surface area contributed by atoms with Crippen LogP contribution < -0.4 is 10.1 Å². The van der Waals surface area contributed by atoms with Crippen molar-refractivity contribution in [3.8, 4) is 5.75 Å². The zero-order valence-electron chi connectivity index (χ0n) is 23.4. The first-order valence-corrected chi connectivity index (χ1v) is 13.4. The van der Waals surface area contributed by atoms with E-state index in [2.05, 4.69) is 34.1 Å². The van der Waals surface area contributed by atoms with E-state index in [1.165, 1.54) is 0 Å². The Morgan fingerprint density at radius 3 is 2.66 bits per heavy atom. The summed E-state index contributed by atoms with van der Waals surface area (Å²) in [6.07, 6.45) is 4.72. The van der Waals surface area contributed by atoms with Crippen molar-refractivity contribution in [3.63, 3.8) is 0 Å². The number of anilines is 1. The van der Waals surface area contributed by atoms with Gasteiger partial charge in [-0.25, -0.2) is 0 Å². The molecule has 1 aliphatic heterocycles. The van der Waals surface area contributed by atoms with E-state index >= 15 is 0 Å². The molecule has 0 unspecified atom stereocenters. The fraction of sp³-hybridized carbons (Fsp3) is 0.552. The normalized spacial score (nSPS) is 18.8. The van der Waals surface area contributed by atoms with Crippen molar-refractivity contribution in [1.82, 2.24) is 19.7 Å². The Morgan fingerprint density at radius 2 is 1.97 bits per heavy atom. The molecular weight excluding hydrogens is 482 g/mol. The molecule has 0 saturated heterocycles. The summed E-state index contributed by atoms with van der Waals surface area (Å²) in [7, 11) is 6.02. The molecule has 3 rings (SSSR count). The van der Waals surface area contributed by atoms with Gasteiger partial charge in [-0.15, -0.1) is 0 Å². The van der Waals surface area contributed by atoms with Gasteiger partial charge in [-0.3, -0.25) is 19.5 Å². The number of likely N-dealkylation sites (N-methyl/N-ethyl adjacent to an activating group) is 1. The predicted octanol–water partition coefficient (Wildman–Crippen LogP) is 2.64. The quantitative estimate of drug-likeness (QED) is 0.465. The number of fused-ring (bicyclic) bond motifs is 1. The topological polar surface area (TPSA) is 98.2 Å². The molecule has 0 saturated carbocycles. The minimum absolute atomic E-state index is 0.0230. The smallest absolute Gasteiger partial charge is 0.227 e. The molecular formula is C29H43N5O4. The van der Waals surface area contributed by atoms with Gasteiger partial charge in [0, 0.05) is 55.6 Å². The van der Waals surface area contributed by atoms with E-state index in [9.17, 15) is 14.7 Å². The molecule has 3 atom stereocenters. The average molecular weight is 526 g/mol. The standard InChI is InChI=1S/C29H43N5O4/c1-21-17-34(22(2)20-35)29(37)16-24-15-25(31-28(36)7-6-14-32(3)4)8-9-26(24)38-27(21)19-33(5)18-23-10-12-30-13-11-23/h8-13,15,21-22,27,35H,6-7,14,16-20H2,1-5H3,(H,31,36)/t21-,22+,27+/m1/s1. The Hall–Kier alpha value is -3.01. The number of carbonyl (C=O) groups is 2. The Morgan fingerprint density at radius 1 is 1.24 bits per heavy atom. The van der Waals surface area contributed by atoms with E-state index in [1.54, 1.807) is 17.3 Å². The molecule has 0 spiro atoms. The lowest BCUT2D eigenvalue weighted by atomic mass is 10.0. The van der Waals surface area contributed by atoms with E-state index < -0.39 is 0 Å². The van der Waals surface area contributed by atoms with Gasteiger partial charge in [0.25, 0.3) is 0 Å². The van der Waals surface area contributed by atoms with Gasteiger partial charge in [-0.1, -0.05) is 6.92 Å². The number of hydrogen-bond donors (Lipinski definition) is 2. The van der Waals surface area contributed by atoms with Crippen LogP contribution in [0.1, 0.15) is 37.8 Å². The van der Waals surface area contributed by atoms with Crippen LogP contribution >= 0.6 is 0 Å². The van der Waals surface area contributed by atoms with Crippen LogP contribution in [0, 0.1) is 5.92 Å². The van der Waals surface area contributed by atoms with E-state index in [4.69, 9.17) is 4.74 Å². The molecule has 208 valence electrons. The summed E-state index contributed by atoms with van der Waals surface area (Å²) in [6.45, 7) is 6.56. The van der Waals surface area contributed by atoms with Crippen LogP contribution in [-0.4, -0.2) is 96.1 Å². The Labute approximate surface area is 226 Å². The maximum absolute atomic E-state index is 13.4. The van der Waals surface area contributed by atoms with E-state index in [1.807, 2.05) is 51.4 Å². The molecule has 2 aromatic rings. The van der Waals surface area contributed by atoms with Crippen molar-refractivity contribution in [2.75, 3.05) is 52.7 Å². The highest BCUT2D eigenvalue weighted by atomic mass is 16.5. The number of nitrogens with one attached hydrogen (secondary N) is 1.